The van der Waals surface area contributed by atoms with Crippen molar-refractivity contribution in [3.63, 3.8) is 0 Å². The third-order valence-electron chi connectivity index (χ3n) is 5.55. The van der Waals surface area contributed by atoms with Crippen molar-refractivity contribution in [2.45, 2.75) is 44.6 Å². The Morgan fingerprint density at radius 1 is 1.04 bits per heavy atom. The number of nitrogens with zero attached hydrogens (tertiary/aromatic N) is 2. The van der Waals surface area contributed by atoms with Gasteiger partial charge in [-0.2, -0.15) is 0 Å². The van der Waals surface area contributed by atoms with Crippen molar-refractivity contribution < 1.29 is 9.59 Å². The van der Waals surface area contributed by atoms with E-state index < -0.39 is 0 Å². The number of carbonyl (C=O) groups excluding carboxylic acids is 2. The molecule has 1 N–H and O–H groups in total. The summed E-state index contributed by atoms with van der Waals surface area (Å²) in [6.45, 7) is 3.48. The number of amides is 2. The van der Waals surface area contributed by atoms with Crippen LogP contribution >= 0.6 is 0 Å². The van der Waals surface area contributed by atoms with Crippen molar-refractivity contribution in [1.82, 2.24) is 15.1 Å². The first-order chi connectivity index (χ1) is 12.2. The van der Waals surface area contributed by atoms with E-state index in [1.54, 1.807) is 0 Å². The molecule has 4 rings (SSSR count). The Bertz CT molecular complexity index is 661. The molecule has 0 unspecified atom stereocenters. The maximum absolute atomic E-state index is 12.6. The maximum Gasteiger partial charge on any atom is 0.234 e. The number of fused-ring (bicyclic) bond motifs is 1. The third-order valence-corrected chi connectivity index (χ3v) is 5.55. The van der Waals surface area contributed by atoms with Gasteiger partial charge >= 0.3 is 0 Å². The largest absolute Gasteiger partial charge is 0.352 e. The van der Waals surface area contributed by atoms with E-state index in [1.165, 1.54) is 24.0 Å². The minimum absolute atomic E-state index is 0.125. The number of rotatable bonds is 5. The SMILES string of the molecule is O=C(CN1CCN(C(=O)Cc2ccc3c(c2)CCC3)CC1)NC1CC1. The van der Waals surface area contributed by atoms with E-state index in [-0.39, 0.29) is 11.8 Å². The molecule has 3 aliphatic rings. The molecule has 1 saturated heterocycles. The smallest absolute Gasteiger partial charge is 0.234 e. The summed E-state index contributed by atoms with van der Waals surface area (Å²) in [4.78, 5) is 28.6. The second-order valence-corrected chi connectivity index (χ2v) is 7.63. The van der Waals surface area contributed by atoms with Crippen LogP contribution < -0.4 is 5.32 Å². The lowest BCUT2D eigenvalue weighted by molar-refractivity contribution is -0.132. The molecule has 2 amide bonds. The number of hydrogen-bond donors (Lipinski definition) is 1. The predicted molar refractivity (Wildman–Crippen MR) is 96.4 cm³/mol. The summed E-state index contributed by atoms with van der Waals surface area (Å²) in [7, 11) is 0. The number of aryl methyl sites for hydroxylation is 2. The molecule has 5 heteroatoms. The van der Waals surface area contributed by atoms with Crippen LogP contribution in [0.15, 0.2) is 18.2 Å². The van der Waals surface area contributed by atoms with Crippen molar-refractivity contribution in [2.24, 2.45) is 0 Å². The van der Waals surface area contributed by atoms with Gasteiger partial charge in [0.15, 0.2) is 0 Å². The van der Waals surface area contributed by atoms with E-state index in [4.69, 9.17) is 0 Å². The maximum atomic E-state index is 12.6. The first kappa shape index (κ1) is 16.6. The molecule has 134 valence electrons. The standard InChI is InChI=1S/C20H27N3O2/c24-19(21-18-6-7-18)14-22-8-10-23(11-9-22)20(25)13-15-4-5-16-2-1-3-17(16)12-15/h4-5,12,18H,1-3,6-11,13-14H2,(H,21,24). The summed E-state index contributed by atoms with van der Waals surface area (Å²) >= 11 is 0. The van der Waals surface area contributed by atoms with Gasteiger partial charge < -0.3 is 10.2 Å². The summed E-state index contributed by atoms with van der Waals surface area (Å²) in [5, 5.41) is 3.03. The van der Waals surface area contributed by atoms with Crippen LogP contribution in [-0.2, 0) is 28.9 Å². The minimum Gasteiger partial charge on any atom is -0.352 e. The molecule has 1 aromatic carbocycles. The second kappa shape index (κ2) is 7.16. The zero-order valence-electron chi connectivity index (χ0n) is 14.8. The highest BCUT2D eigenvalue weighted by Gasteiger charge is 2.26. The Kier molecular flexibility index (Phi) is 4.75. The Balaban J connectivity index is 1.24. The number of benzene rings is 1. The summed E-state index contributed by atoms with van der Waals surface area (Å²) in [5.74, 6) is 0.334. The van der Waals surface area contributed by atoms with Gasteiger partial charge in [0.25, 0.3) is 0 Å². The predicted octanol–water partition coefficient (Wildman–Crippen LogP) is 1.14. The zero-order chi connectivity index (χ0) is 17.2. The molecule has 1 aromatic rings. The Morgan fingerprint density at radius 2 is 1.80 bits per heavy atom. The molecule has 2 aliphatic carbocycles. The molecule has 0 bridgehead atoms. The van der Waals surface area contributed by atoms with E-state index >= 15 is 0 Å². The summed E-state index contributed by atoms with van der Waals surface area (Å²) in [5.41, 5.74) is 4.02. The molecule has 0 spiro atoms. The number of nitrogens with one attached hydrogen (secondary N) is 1. The molecule has 1 heterocycles. The van der Waals surface area contributed by atoms with Crippen LogP contribution in [0.5, 0.6) is 0 Å². The normalized spacial score (nSPS) is 20.4. The van der Waals surface area contributed by atoms with Crippen molar-refractivity contribution in [3.8, 4) is 0 Å². The topological polar surface area (TPSA) is 52.7 Å². The highest BCUT2D eigenvalue weighted by Crippen LogP contribution is 2.23. The second-order valence-electron chi connectivity index (χ2n) is 7.63. The van der Waals surface area contributed by atoms with Crippen molar-refractivity contribution in [3.05, 3.63) is 34.9 Å². The molecule has 1 saturated carbocycles. The van der Waals surface area contributed by atoms with Crippen LogP contribution in [-0.4, -0.2) is 60.4 Å². The van der Waals surface area contributed by atoms with Gasteiger partial charge in [-0.3, -0.25) is 14.5 Å². The molecule has 0 atom stereocenters. The fourth-order valence-electron chi connectivity index (χ4n) is 3.88. The van der Waals surface area contributed by atoms with Crippen LogP contribution in [0.4, 0.5) is 0 Å². The van der Waals surface area contributed by atoms with Crippen LogP contribution in [0.25, 0.3) is 0 Å². The van der Waals surface area contributed by atoms with Crippen LogP contribution in [0.1, 0.15) is 36.0 Å². The lowest BCUT2D eigenvalue weighted by atomic mass is 10.0. The molecule has 25 heavy (non-hydrogen) atoms. The first-order valence-corrected chi connectivity index (χ1v) is 9.57. The summed E-state index contributed by atoms with van der Waals surface area (Å²) < 4.78 is 0. The molecule has 0 radical (unpaired) electrons. The Hall–Kier alpha value is -1.88. The molecular formula is C20H27N3O2. The molecular weight excluding hydrogens is 314 g/mol. The van der Waals surface area contributed by atoms with E-state index in [2.05, 4.69) is 28.4 Å². The number of carbonyl (C=O) groups is 2. The van der Waals surface area contributed by atoms with Gasteiger partial charge in [0.2, 0.25) is 11.8 Å². The lowest BCUT2D eigenvalue weighted by Crippen LogP contribution is -2.51. The molecule has 2 fully saturated rings. The molecule has 0 aromatic heterocycles. The van der Waals surface area contributed by atoms with Crippen LogP contribution in [0.2, 0.25) is 0 Å². The van der Waals surface area contributed by atoms with E-state index in [9.17, 15) is 9.59 Å². The van der Waals surface area contributed by atoms with Gasteiger partial charge in [0.1, 0.15) is 0 Å². The highest BCUT2D eigenvalue weighted by atomic mass is 16.2. The van der Waals surface area contributed by atoms with Crippen molar-refractivity contribution in [1.29, 1.82) is 0 Å². The Labute approximate surface area is 149 Å². The van der Waals surface area contributed by atoms with Gasteiger partial charge in [0.05, 0.1) is 13.0 Å². The number of piperazine rings is 1. The first-order valence-electron chi connectivity index (χ1n) is 9.57. The van der Waals surface area contributed by atoms with Crippen LogP contribution in [0, 0.1) is 0 Å². The average molecular weight is 341 g/mol. The molecule has 1 aliphatic heterocycles. The van der Waals surface area contributed by atoms with Gasteiger partial charge in [-0.25, -0.2) is 0 Å². The third kappa shape index (κ3) is 4.21. The average Bonchev–Trinajstić information content (AvgIpc) is 3.29. The Morgan fingerprint density at radius 3 is 2.56 bits per heavy atom. The molecule has 5 nitrogen and oxygen atoms in total. The zero-order valence-corrected chi connectivity index (χ0v) is 14.8. The van der Waals surface area contributed by atoms with E-state index in [0.29, 0.717) is 19.0 Å². The highest BCUT2D eigenvalue weighted by molar-refractivity contribution is 5.80. The quantitative estimate of drug-likeness (QED) is 0.874. The summed E-state index contributed by atoms with van der Waals surface area (Å²) in [6, 6.07) is 6.95. The summed E-state index contributed by atoms with van der Waals surface area (Å²) in [6.07, 6.45) is 6.31. The lowest BCUT2D eigenvalue weighted by Gasteiger charge is -2.34. The minimum atomic E-state index is 0.125. The van der Waals surface area contributed by atoms with Crippen LogP contribution in [0.3, 0.4) is 0 Å². The van der Waals surface area contributed by atoms with Gasteiger partial charge in [-0.05, 0) is 48.8 Å². The fourth-order valence-corrected chi connectivity index (χ4v) is 3.88. The number of hydrogen-bond acceptors (Lipinski definition) is 3. The van der Waals surface area contributed by atoms with Gasteiger partial charge in [-0.15, -0.1) is 0 Å². The van der Waals surface area contributed by atoms with E-state index in [1.807, 2.05) is 4.90 Å². The fraction of sp³-hybridized carbons (Fsp3) is 0.600. The van der Waals surface area contributed by atoms with Crippen molar-refractivity contribution in [2.75, 3.05) is 32.7 Å². The van der Waals surface area contributed by atoms with E-state index in [0.717, 1.165) is 51.0 Å². The van der Waals surface area contributed by atoms with Crippen molar-refractivity contribution >= 4 is 11.8 Å². The monoisotopic (exact) mass is 341 g/mol. The van der Waals surface area contributed by atoms with Gasteiger partial charge in [-0.1, -0.05) is 18.2 Å². The van der Waals surface area contributed by atoms with Gasteiger partial charge in [0, 0.05) is 32.2 Å².